The van der Waals surface area contributed by atoms with Gasteiger partial charge in [0.15, 0.2) is 5.57 Å². The van der Waals surface area contributed by atoms with Crippen LogP contribution in [-0.2, 0) is 4.79 Å². The van der Waals surface area contributed by atoms with Gasteiger partial charge in [0.2, 0.25) is 0 Å². The van der Waals surface area contributed by atoms with Crippen LogP contribution in [0.5, 0.6) is 0 Å². The van der Waals surface area contributed by atoms with E-state index in [0.29, 0.717) is 15.9 Å². The van der Waals surface area contributed by atoms with E-state index in [-0.39, 0.29) is 15.8 Å². The number of hydrogen-bond acceptors (Lipinski definition) is 4. The van der Waals surface area contributed by atoms with E-state index in [1.165, 1.54) is 4.57 Å². The van der Waals surface area contributed by atoms with Crippen LogP contribution in [0.15, 0.2) is 89.7 Å². The lowest BCUT2D eigenvalue weighted by atomic mass is 10.2. The van der Waals surface area contributed by atoms with Crippen molar-refractivity contribution < 1.29 is 4.79 Å². The van der Waals surface area contributed by atoms with Crippen molar-refractivity contribution in [2.24, 2.45) is 0 Å². The van der Waals surface area contributed by atoms with Crippen molar-refractivity contribution in [2.45, 2.75) is 6.92 Å². The van der Waals surface area contributed by atoms with Gasteiger partial charge in [-0.1, -0.05) is 66.7 Å². The van der Waals surface area contributed by atoms with Crippen molar-refractivity contribution in [1.29, 1.82) is 5.26 Å². The Bertz CT molecular complexity index is 1490. The lowest BCUT2D eigenvalue weighted by Crippen LogP contribution is -2.32. The summed E-state index contributed by atoms with van der Waals surface area (Å²) in [6, 6.07) is 27.8. The normalized spacial score (nSPS) is 12.2. The molecule has 0 unspecified atom stereocenters. The minimum absolute atomic E-state index is 0.119. The summed E-state index contributed by atoms with van der Waals surface area (Å²) in [5.41, 5.74) is 2.55. The zero-order valence-electron chi connectivity index (χ0n) is 17.3. The summed E-state index contributed by atoms with van der Waals surface area (Å²) in [6.07, 6.45) is 1.77. The Kier molecular flexibility index (Phi) is 6.11. The number of hydrogen-bond donors (Lipinski definition) is 1. The molecule has 0 saturated carbocycles. The van der Waals surface area contributed by atoms with Crippen LogP contribution in [0.2, 0.25) is 0 Å². The van der Waals surface area contributed by atoms with Gasteiger partial charge in [-0.25, -0.2) is 0 Å². The Hall–Kier alpha value is -4.21. The van der Waals surface area contributed by atoms with Gasteiger partial charge in [-0.05, 0) is 42.3 Å². The van der Waals surface area contributed by atoms with E-state index in [2.05, 4.69) is 5.32 Å². The molecule has 5 nitrogen and oxygen atoms in total. The lowest BCUT2D eigenvalue weighted by Gasteiger charge is -2.08. The fraction of sp³-hybridized carbons (Fsp3) is 0.0385. The number of benzene rings is 3. The van der Waals surface area contributed by atoms with E-state index in [1.54, 1.807) is 24.3 Å². The van der Waals surface area contributed by atoms with Crippen LogP contribution in [0.1, 0.15) is 11.1 Å². The molecule has 0 spiro atoms. The number of nitrogens with one attached hydrogen (secondary N) is 1. The highest BCUT2D eigenvalue weighted by Gasteiger charge is 2.17. The zero-order chi connectivity index (χ0) is 22.5. The number of nitriles is 1. The third-order valence-corrected chi connectivity index (χ3v) is 5.97. The van der Waals surface area contributed by atoms with Gasteiger partial charge in [-0.15, -0.1) is 11.3 Å². The summed E-state index contributed by atoms with van der Waals surface area (Å²) >= 11 is 1.13. The number of carbonyl (C=O) groups is 1. The second kappa shape index (κ2) is 9.29. The van der Waals surface area contributed by atoms with Crippen LogP contribution < -0.4 is 20.1 Å². The molecular formula is C26H19N3O2S. The van der Waals surface area contributed by atoms with Gasteiger partial charge in [0.05, 0.1) is 10.2 Å². The molecule has 3 aromatic carbocycles. The Morgan fingerprint density at radius 1 is 0.969 bits per heavy atom. The number of nitrogens with zero attached hydrogens (tertiary/aromatic N) is 2. The first-order valence-electron chi connectivity index (χ1n) is 9.94. The molecule has 6 heteroatoms. The molecular weight excluding hydrogens is 418 g/mol. The number of carbonyl (C=O) groups excluding carboxylic acids is 1. The highest BCUT2D eigenvalue weighted by Crippen LogP contribution is 2.14. The lowest BCUT2D eigenvalue weighted by molar-refractivity contribution is -0.111. The molecule has 0 aliphatic rings. The largest absolute Gasteiger partial charge is 0.321 e. The maximum absolute atomic E-state index is 13.3. The third-order valence-electron chi connectivity index (χ3n) is 4.88. The molecule has 0 saturated heterocycles. The number of rotatable bonds is 4. The Morgan fingerprint density at radius 2 is 1.59 bits per heavy atom. The average molecular weight is 438 g/mol. The summed E-state index contributed by atoms with van der Waals surface area (Å²) in [4.78, 5) is 26.4. The highest BCUT2D eigenvalue weighted by atomic mass is 32.1. The Morgan fingerprint density at radius 3 is 2.25 bits per heavy atom. The number of anilines is 1. The van der Waals surface area contributed by atoms with E-state index in [4.69, 9.17) is 0 Å². The molecule has 4 aromatic rings. The molecule has 0 aliphatic heterocycles. The number of aromatic nitrogens is 1. The average Bonchev–Trinajstić information content (AvgIpc) is 3.12. The highest BCUT2D eigenvalue weighted by molar-refractivity contribution is 7.07. The molecule has 1 heterocycles. The number of aryl methyl sites for hydroxylation is 1. The van der Waals surface area contributed by atoms with Crippen LogP contribution in [-0.4, -0.2) is 10.5 Å². The summed E-state index contributed by atoms with van der Waals surface area (Å²) in [7, 11) is 0. The summed E-state index contributed by atoms with van der Waals surface area (Å²) in [5, 5.41) is 12.7. The summed E-state index contributed by atoms with van der Waals surface area (Å²) < 4.78 is 2.15. The number of para-hydroxylation sites is 2. The predicted molar refractivity (Wildman–Crippen MR) is 128 cm³/mol. The first-order valence-corrected chi connectivity index (χ1v) is 10.8. The van der Waals surface area contributed by atoms with Gasteiger partial charge in [-0.3, -0.25) is 14.2 Å². The quantitative estimate of drug-likeness (QED) is 0.532. The van der Waals surface area contributed by atoms with E-state index >= 15 is 0 Å². The molecule has 1 aromatic heterocycles. The Labute approximate surface area is 188 Å². The van der Waals surface area contributed by atoms with Crippen LogP contribution in [0.4, 0.5) is 5.69 Å². The van der Waals surface area contributed by atoms with Crippen molar-refractivity contribution in [1.82, 2.24) is 4.57 Å². The van der Waals surface area contributed by atoms with E-state index < -0.39 is 5.91 Å². The van der Waals surface area contributed by atoms with Gasteiger partial charge in [0.1, 0.15) is 10.7 Å². The molecule has 0 radical (unpaired) electrons. The molecule has 0 atom stereocenters. The molecule has 1 amide bonds. The molecule has 156 valence electrons. The van der Waals surface area contributed by atoms with Crippen molar-refractivity contribution in [3.63, 3.8) is 0 Å². The van der Waals surface area contributed by atoms with Crippen molar-refractivity contribution >= 4 is 34.6 Å². The zero-order valence-corrected chi connectivity index (χ0v) is 18.1. The minimum Gasteiger partial charge on any atom is -0.321 e. The molecule has 1 N–H and O–H groups in total. The second-order valence-corrected chi connectivity index (χ2v) is 8.09. The minimum atomic E-state index is -0.556. The van der Waals surface area contributed by atoms with E-state index in [0.717, 1.165) is 22.5 Å². The van der Waals surface area contributed by atoms with Crippen molar-refractivity contribution in [3.8, 4) is 11.8 Å². The number of amides is 1. The maximum atomic E-state index is 13.3. The fourth-order valence-electron chi connectivity index (χ4n) is 3.26. The van der Waals surface area contributed by atoms with Gasteiger partial charge < -0.3 is 5.32 Å². The van der Waals surface area contributed by atoms with Crippen molar-refractivity contribution in [3.05, 3.63) is 116 Å². The predicted octanol–water partition coefficient (Wildman–Crippen LogP) is 3.35. The Balaban J connectivity index is 1.96. The fourth-order valence-corrected chi connectivity index (χ4v) is 4.36. The second-order valence-electron chi connectivity index (χ2n) is 7.06. The molecule has 0 fully saturated rings. The van der Waals surface area contributed by atoms with E-state index in [1.807, 2.05) is 79.7 Å². The van der Waals surface area contributed by atoms with Crippen LogP contribution in [0.3, 0.4) is 0 Å². The van der Waals surface area contributed by atoms with Gasteiger partial charge in [0, 0.05) is 5.69 Å². The SMILES string of the molecule is Cc1ccccc1NC(=O)C(C#N)=c1sc(=Cc2ccccc2)c(=O)n1-c1ccccc1. The molecule has 0 aliphatic carbocycles. The van der Waals surface area contributed by atoms with Gasteiger partial charge >= 0.3 is 0 Å². The summed E-state index contributed by atoms with van der Waals surface area (Å²) in [5.74, 6) is -0.556. The first kappa shape index (κ1) is 21.0. The number of thiazole rings is 1. The molecule has 4 rings (SSSR count). The standard InChI is InChI=1S/C26H19N3O2S/c1-18-10-8-9-15-22(18)28-24(30)21(17-27)26-29(20-13-6-3-7-14-20)25(31)23(32-26)16-19-11-4-2-5-12-19/h2-16H,1H3,(H,28,30). The molecule has 0 bridgehead atoms. The third kappa shape index (κ3) is 4.29. The topological polar surface area (TPSA) is 74.9 Å². The van der Waals surface area contributed by atoms with E-state index in [9.17, 15) is 14.9 Å². The van der Waals surface area contributed by atoms with Crippen LogP contribution in [0.25, 0.3) is 17.3 Å². The van der Waals surface area contributed by atoms with Crippen molar-refractivity contribution in [2.75, 3.05) is 5.32 Å². The summed E-state index contributed by atoms with van der Waals surface area (Å²) in [6.45, 7) is 1.87. The maximum Gasteiger partial charge on any atom is 0.273 e. The monoisotopic (exact) mass is 437 g/mol. The van der Waals surface area contributed by atoms with Crippen LogP contribution in [0, 0.1) is 18.3 Å². The smallest absolute Gasteiger partial charge is 0.273 e. The molecule has 32 heavy (non-hydrogen) atoms. The first-order chi connectivity index (χ1) is 15.6. The van der Waals surface area contributed by atoms with Crippen LogP contribution >= 0.6 is 11.3 Å². The van der Waals surface area contributed by atoms with Gasteiger partial charge in [-0.2, -0.15) is 5.26 Å². The van der Waals surface area contributed by atoms with Gasteiger partial charge in [0.25, 0.3) is 11.5 Å².